The third kappa shape index (κ3) is 5.25. The van der Waals surface area contributed by atoms with Crippen molar-refractivity contribution >= 4 is 0 Å². The van der Waals surface area contributed by atoms with E-state index in [-0.39, 0.29) is 0 Å². The number of rotatable bonds is 11. The standard InChI is InChI=1S/C15H30N2O/c1-3-8-16-9-15(12-18-2)17(10-13-4-5-13)11-14-6-7-14/h13-16H,3-12H2,1-2H3. The Morgan fingerprint density at radius 1 is 1.17 bits per heavy atom. The lowest BCUT2D eigenvalue weighted by Gasteiger charge is -2.31. The SMILES string of the molecule is CCCNCC(COC)N(CC1CC1)CC1CC1. The maximum Gasteiger partial charge on any atom is 0.0630 e. The average molecular weight is 254 g/mol. The highest BCUT2D eigenvalue weighted by Crippen LogP contribution is 2.34. The molecule has 2 fully saturated rings. The van der Waals surface area contributed by atoms with E-state index in [9.17, 15) is 0 Å². The van der Waals surface area contributed by atoms with Gasteiger partial charge in [-0.1, -0.05) is 6.92 Å². The molecule has 1 atom stereocenters. The minimum atomic E-state index is 0.572. The summed E-state index contributed by atoms with van der Waals surface area (Å²) in [6.45, 7) is 7.92. The van der Waals surface area contributed by atoms with Crippen LogP contribution in [0.3, 0.4) is 0 Å². The fourth-order valence-electron chi connectivity index (χ4n) is 2.57. The molecule has 1 unspecified atom stereocenters. The van der Waals surface area contributed by atoms with Crippen molar-refractivity contribution in [1.82, 2.24) is 10.2 Å². The molecule has 2 saturated carbocycles. The number of methoxy groups -OCH3 is 1. The molecule has 18 heavy (non-hydrogen) atoms. The van der Waals surface area contributed by atoms with Gasteiger partial charge < -0.3 is 10.1 Å². The van der Waals surface area contributed by atoms with E-state index in [0.717, 1.165) is 31.5 Å². The van der Waals surface area contributed by atoms with Crippen molar-refractivity contribution in [3.63, 3.8) is 0 Å². The van der Waals surface area contributed by atoms with Crippen LogP contribution in [0.2, 0.25) is 0 Å². The van der Waals surface area contributed by atoms with Crippen LogP contribution in [0.15, 0.2) is 0 Å². The Balaban J connectivity index is 1.79. The maximum absolute atomic E-state index is 5.44. The van der Waals surface area contributed by atoms with Gasteiger partial charge in [-0.25, -0.2) is 0 Å². The second-order valence-corrected chi connectivity index (χ2v) is 6.15. The highest BCUT2D eigenvalue weighted by atomic mass is 16.5. The Morgan fingerprint density at radius 2 is 1.78 bits per heavy atom. The lowest BCUT2D eigenvalue weighted by Crippen LogP contribution is -2.47. The van der Waals surface area contributed by atoms with Gasteiger partial charge in [0.15, 0.2) is 0 Å². The molecule has 0 heterocycles. The quantitative estimate of drug-likeness (QED) is 0.572. The van der Waals surface area contributed by atoms with Gasteiger partial charge in [0, 0.05) is 32.8 Å². The van der Waals surface area contributed by atoms with Crippen LogP contribution in [0, 0.1) is 11.8 Å². The zero-order valence-corrected chi connectivity index (χ0v) is 12.2. The summed E-state index contributed by atoms with van der Waals surface area (Å²) < 4.78 is 5.44. The van der Waals surface area contributed by atoms with Gasteiger partial charge in [-0.3, -0.25) is 4.90 Å². The van der Waals surface area contributed by atoms with Gasteiger partial charge in [0.05, 0.1) is 6.61 Å². The van der Waals surface area contributed by atoms with E-state index >= 15 is 0 Å². The van der Waals surface area contributed by atoms with Gasteiger partial charge in [0.2, 0.25) is 0 Å². The monoisotopic (exact) mass is 254 g/mol. The number of nitrogens with zero attached hydrogens (tertiary/aromatic N) is 1. The zero-order chi connectivity index (χ0) is 12.8. The first-order valence-electron chi connectivity index (χ1n) is 7.77. The van der Waals surface area contributed by atoms with E-state index in [1.54, 1.807) is 0 Å². The lowest BCUT2D eigenvalue weighted by atomic mass is 10.2. The van der Waals surface area contributed by atoms with Crippen molar-refractivity contribution in [2.45, 2.75) is 45.1 Å². The van der Waals surface area contributed by atoms with Crippen LogP contribution in [0.5, 0.6) is 0 Å². The number of hydrogen-bond donors (Lipinski definition) is 1. The predicted molar refractivity (Wildman–Crippen MR) is 75.8 cm³/mol. The van der Waals surface area contributed by atoms with Crippen molar-refractivity contribution in [3.05, 3.63) is 0 Å². The molecule has 0 aromatic heterocycles. The van der Waals surface area contributed by atoms with Gasteiger partial charge in [0.1, 0.15) is 0 Å². The summed E-state index contributed by atoms with van der Waals surface area (Å²) in [5.74, 6) is 1.96. The molecule has 1 N–H and O–H groups in total. The predicted octanol–water partition coefficient (Wildman–Crippen LogP) is 2.12. The van der Waals surface area contributed by atoms with Gasteiger partial charge in [-0.2, -0.15) is 0 Å². The molecule has 2 aliphatic carbocycles. The topological polar surface area (TPSA) is 24.5 Å². The van der Waals surface area contributed by atoms with Crippen LogP contribution >= 0.6 is 0 Å². The van der Waals surface area contributed by atoms with Gasteiger partial charge in [0.25, 0.3) is 0 Å². The molecule has 0 aliphatic heterocycles. The second-order valence-electron chi connectivity index (χ2n) is 6.15. The molecule has 0 bridgehead atoms. The van der Waals surface area contributed by atoms with Gasteiger partial charge >= 0.3 is 0 Å². The first-order valence-corrected chi connectivity index (χ1v) is 7.77. The molecular weight excluding hydrogens is 224 g/mol. The van der Waals surface area contributed by atoms with Crippen molar-refractivity contribution in [1.29, 1.82) is 0 Å². The number of hydrogen-bond acceptors (Lipinski definition) is 3. The summed E-state index contributed by atoms with van der Waals surface area (Å²) in [5, 5.41) is 3.57. The Kier molecular flexibility index (Phi) is 5.93. The molecule has 0 aromatic carbocycles. The summed E-state index contributed by atoms with van der Waals surface area (Å²) in [7, 11) is 1.83. The van der Waals surface area contributed by atoms with Gasteiger partial charge in [-0.05, 0) is 50.5 Å². The molecule has 0 aromatic rings. The first-order chi connectivity index (χ1) is 8.83. The zero-order valence-electron chi connectivity index (χ0n) is 12.2. The Hall–Kier alpha value is -0.120. The van der Waals surface area contributed by atoms with Crippen LogP contribution in [0.25, 0.3) is 0 Å². The number of nitrogens with one attached hydrogen (secondary N) is 1. The highest BCUT2D eigenvalue weighted by molar-refractivity contribution is 4.86. The minimum absolute atomic E-state index is 0.572. The van der Waals surface area contributed by atoms with E-state index in [1.807, 2.05) is 7.11 Å². The second kappa shape index (κ2) is 7.46. The molecule has 2 rings (SSSR count). The highest BCUT2D eigenvalue weighted by Gasteiger charge is 2.32. The third-order valence-corrected chi connectivity index (χ3v) is 4.06. The fraction of sp³-hybridized carbons (Fsp3) is 1.00. The molecule has 2 aliphatic rings. The molecule has 0 radical (unpaired) electrons. The van der Waals surface area contributed by atoms with Gasteiger partial charge in [-0.15, -0.1) is 0 Å². The molecule has 0 saturated heterocycles. The molecule has 0 spiro atoms. The van der Waals surface area contributed by atoms with Crippen molar-refractivity contribution in [3.8, 4) is 0 Å². The lowest BCUT2D eigenvalue weighted by molar-refractivity contribution is 0.0827. The first kappa shape index (κ1) is 14.3. The fourth-order valence-corrected chi connectivity index (χ4v) is 2.57. The summed E-state index contributed by atoms with van der Waals surface area (Å²) in [6, 6.07) is 0.572. The summed E-state index contributed by atoms with van der Waals surface area (Å²) >= 11 is 0. The van der Waals surface area contributed by atoms with Crippen molar-refractivity contribution in [2.75, 3.05) is 39.9 Å². The molecule has 0 amide bonds. The van der Waals surface area contributed by atoms with Crippen LogP contribution < -0.4 is 5.32 Å². The summed E-state index contributed by atoms with van der Waals surface area (Å²) in [5.41, 5.74) is 0. The Morgan fingerprint density at radius 3 is 2.22 bits per heavy atom. The number of ether oxygens (including phenoxy) is 1. The van der Waals surface area contributed by atoms with E-state index in [4.69, 9.17) is 4.74 Å². The minimum Gasteiger partial charge on any atom is -0.383 e. The van der Waals surface area contributed by atoms with Crippen molar-refractivity contribution < 1.29 is 4.74 Å². The normalized spacial score (nSPS) is 21.5. The third-order valence-electron chi connectivity index (χ3n) is 4.06. The molecule has 3 heteroatoms. The van der Waals surface area contributed by atoms with Crippen LogP contribution in [0.4, 0.5) is 0 Å². The van der Waals surface area contributed by atoms with Crippen LogP contribution in [-0.4, -0.2) is 50.8 Å². The average Bonchev–Trinajstić information content (AvgIpc) is 3.22. The van der Waals surface area contributed by atoms with Crippen LogP contribution in [0.1, 0.15) is 39.0 Å². The molecule has 3 nitrogen and oxygen atoms in total. The van der Waals surface area contributed by atoms with Crippen molar-refractivity contribution in [2.24, 2.45) is 11.8 Å². The van der Waals surface area contributed by atoms with E-state index in [1.165, 1.54) is 45.2 Å². The molecule has 106 valence electrons. The molecular formula is C15H30N2O. The van der Waals surface area contributed by atoms with E-state index < -0.39 is 0 Å². The Bertz CT molecular complexity index is 213. The maximum atomic E-state index is 5.44. The van der Waals surface area contributed by atoms with E-state index in [0.29, 0.717) is 6.04 Å². The smallest absolute Gasteiger partial charge is 0.0630 e. The summed E-state index contributed by atoms with van der Waals surface area (Å²) in [4.78, 5) is 2.71. The Labute approximate surface area is 112 Å². The summed E-state index contributed by atoms with van der Waals surface area (Å²) in [6.07, 6.45) is 7.00. The largest absolute Gasteiger partial charge is 0.383 e. The van der Waals surface area contributed by atoms with Crippen LogP contribution in [-0.2, 0) is 4.74 Å². The van der Waals surface area contributed by atoms with E-state index in [2.05, 4.69) is 17.1 Å².